The van der Waals surface area contributed by atoms with E-state index in [4.69, 9.17) is 0 Å². The van der Waals surface area contributed by atoms with Crippen LogP contribution in [0.25, 0.3) is 0 Å². The second-order valence-corrected chi connectivity index (χ2v) is 5.36. The number of thiophene rings is 1. The number of aromatic nitrogens is 2. The van der Waals surface area contributed by atoms with Crippen LogP contribution in [0, 0.1) is 0 Å². The number of hydrogen-bond acceptors (Lipinski definition) is 5. The lowest BCUT2D eigenvalue weighted by atomic mass is 10.1. The molecule has 2 rings (SSSR count). The Morgan fingerprint density at radius 2 is 2.20 bits per heavy atom. The van der Waals surface area contributed by atoms with E-state index in [1.165, 1.54) is 11.5 Å². The van der Waals surface area contributed by atoms with Crippen molar-refractivity contribution in [1.82, 2.24) is 9.59 Å². The van der Waals surface area contributed by atoms with Crippen LogP contribution in [0.1, 0.15) is 41.3 Å². The molecule has 1 unspecified atom stereocenters. The Labute approximate surface area is 96.6 Å². The summed E-state index contributed by atoms with van der Waals surface area (Å²) in [5.74, 6) is 0.299. The summed E-state index contributed by atoms with van der Waals surface area (Å²) in [6, 6.07) is 3.87. The van der Waals surface area contributed by atoms with Gasteiger partial charge in [-0.1, -0.05) is 24.4 Å². The summed E-state index contributed by atoms with van der Waals surface area (Å²) >= 11 is 2.83. The molecule has 5 heteroatoms. The van der Waals surface area contributed by atoms with Crippen LogP contribution in [-0.4, -0.2) is 14.7 Å². The van der Waals surface area contributed by atoms with Crippen molar-refractivity contribution in [2.45, 2.75) is 25.9 Å². The first-order chi connectivity index (χ1) is 7.20. The van der Waals surface area contributed by atoms with Gasteiger partial charge in [0.05, 0.1) is 10.6 Å². The monoisotopic (exact) mass is 240 g/mol. The minimum atomic E-state index is -0.567. The van der Waals surface area contributed by atoms with E-state index in [0.717, 1.165) is 15.4 Å². The zero-order valence-corrected chi connectivity index (χ0v) is 10.2. The Morgan fingerprint density at radius 1 is 1.40 bits per heavy atom. The molecule has 3 nitrogen and oxygen atoms in total. The molecule has 2 aromatic rings. The number of hydrogen-bond donors (Lipinski definition) is 1. The van der Waals surface area contributed by atoms with Gasteiger partial charge in [0, 0.05) is 4.88 Å². The number of rotatable bonds is 3. The van der Waals surface area contributed by atoms with Gasteiger partial charge in [0.25, 0.3) is 0 Å². The maximum atomic E-state index is 10.1. The first-order valence-electron chi connectivity index (χ1n) is 4.73. The van der Waals surface area contributed by atoms with Crippen LogP contribution in [0.3, 0.4) is 0 Å². The SMILES string of the molecule is CC(C)c1nnsc1C(O)c1cccs1. The minimum absolute atomic E-state index is 0.299. The molecule has 0 saturated heterocycles. The molecule has 0 aliphatic heterocycles. The molecule has 0 aromatic carbocycles. The molecule has 0 aliphatic carbocycles. The van der Waals surface area contributed by atoms with Crippen molar-refractivity contribution >= 4 is 22.9 Å². The van der Waals surface area contributed by atoms with E-state index in [1.807, 2.05) is 17.5 Å². The molecule has 1 atom stereocenters. The van der Waals surface area contributed by atoms with Crippen LogP contribution < -0.4 is 0 Å². The second-order valence-electron chi connectivity index (χ2n) is 3.60. The topological polar surface area (TPSA) is 46.0 Å². The van der Waals surface area contributed by atoms with Gasteiger partial charge in [0.2, 0.25) is 0 Å². The maximum absolute atomic E-state index is 10.1. The fourth-order valence-corrected chi connectivity index (χ4v) is 2.98. The van der Waals surface area contributed by atoms with Crippen molar-refractivity contribution in [3.05, 3.63) is 33.0 Å². The normalized spacial score (nSPS) is 13.3. The summed E-state index contributed by atoms with van der Waals surface area (Å²) in [7, 11) is 0. The predicted octanol–water partition coefficient (Wildman–Crippen LogP) is 2.80. The van der Waals surface area contributed by atoms with Crippen LogP contribution in [0.2, 0.25) is 0 Å². The molecule has 0 amide bonds. The summed E-state index contributed by atoms with van der Waals surface area (Å²) in [5, 5.41) is 16.2. The number of nitrogens with zero attached hydrogens (tertiary/aromatic N) is 2. The molecule has 2 aromatic heterocycles. The van der Waals surface area contributed by atoms with Crippen LogP contribution in [0.15, 0.2) is 17.5 Å². The van der Waals surface area contributed by atoms with Gasteiger partial charge in [-0.2, -0.15) is 0 Å². The maximum Gasteiger partial charge on any atom is 0.126 e. The van der Waals surface area contributed by atoms with Crippen molar-refractivity contribution in [1.29, 1.82) is 0 Å². The standard InChI is InChI=1S/C10H12N2OS2/c1-6(2)8-10(15-12-11-8)9(13)7-4-3-5-14-7/h3-6,9,13H,1-2H3. The zero-order chi connectivity index (χ0) is 10.8. The largest absolute Gasteiger partial charge is 0.382 e. The molecule has 80 valence electrons. The van der Waals surface area contributed by atoms with Gasteiger partial charge < -0.3 is 5.11 Å². The van der Waals surface area contributed by atoms with E-state index in [9.17, 15) is 5.11 Å². The van der Waals surface area contributed by atoms with Crippen molar-refractivity contribution in [2.24, 2.45) is 0 Å². The van der Waals surface area contributed by atoms with E-state index in [2.05, 4.69) is 23.4 Å². The van der Waals surface area contributed by atoms with E-state index in [0.29, 0.717) is 5.92 Å². The van der Waals surface area contributed by atoms with Crippen LogP contribution in [0.4, 0.5) is 0 Å². The highest BCUT2D eigenvalue weighted by atomic mass is 32.1. The summed E-state index contributed by atoms with van der Waals surface area (Å²) in [4.78, 5) is 1.82. The Balaban J connectivity index is 2.33. The molecule has 15 heavy (non-hydrogen) atoms. The first-order valence-corrected chi connectivity index (χ1v) is 6.39. The molecular formula is C10H12N2OS2. The molecule has 0 aliphatic rings. The third-order valence-electron chi connectivity index (χ3n) is 2.15. The average molecular weight is 240 g/mol. The minimum Gasteiger partial charge on any atom is -0.382 e. The van der Waals surface area contributed by atoms with E-state index in [-0.39, 0.29) is 0 Å². The van der Waals surface area contributed by atoms with Gasteiger partial charge in [0.15, 0.2) is 0 Å². The second kappa shape index (κ2) is 4.38. The van der Waals surface area contributed by atoms with Gasteiger partial charge >= 0.3 is 0 Å². The van der Waals surface area contributed by atoms with Gasteiger partial charge in [0.1, 0.15) is 6.10 Å². The van der Waals surface area contributed by atoms with E-state index < -0.39 is 6.10 Å². The molecule has 0 fully saturated rings. The Morgan fingerprint density at radius 3 is 2.80 bits per heavy atom. The lowest BCUT2D eigenvalue weighted by molar-refractivity contribution is 0.226. The van der Waals surface area contributed by atoms with Crippen molar-refractivity contribution in [3.63, 3.8) is 0 Å². The Kier molecular flexibility index (Phi) is 3.14. The highest BCUT2D eigenvalue weighted by Crippen LogP contribution is 2.32. The summed E-state index contributed by atoms with van der Waals surface area (Å²) in [5.41, 5.74) is 0.904. The third-order valence-corrected chi connectivity index (χ3v) is 3.87. The third kappa shape index (κ3) is 2.09. The molecule has 1 N–H and O–H groups in total. The highest BCUT2D eigenvalue weighted by Gasteiger charge is 2.20. The summed E-state index contributed by atoms with van der Waals surface area (Å²) < 4.78 is 3.91. The molecule has 0 saturated carbocycles. The quantitative estimate of drug-likeness (QED) is 0.897. The Hall–Kier alpha value is -0.780. The van der Waals surface area contributed by atoms with E-state index in [1.54, 1.807) is 11.3 Å². The number of aliphatic hydroxyl groups excluding tert-OH is 1. The molecule has 0 radical (unpaired) electrons. The summed E-state index contributed by atoms with van der Waals surface area (Å²) in [6.07, 6.45) is -0.567. The van der Waals surface area contributed by atoms with Crippen LogP contribution in [0.5, 0.6) is 0 Å². The van der Waals surface area contributed by atoms with Crippen LogP contribution in [-0.2, 0) is 0 Å². The molecule has 0 bridgehead atoms. The molecule has 2 heterocycles. The average Bonchev–Trinajstić information content (AvgIpc) is 2.88. The fourth-order valence-electron chi connectivity index (χ4n) is 1.37. The van der Waals surface area contributed by atoms with Gasteiger partial charge in [-0.15, -0.1) is 16.4 Å². The highest BCUT2D eigenvalue weighted by molar-refractivity contribution is 7.10. The Bertz CT molecular complexity index is 422. The van der Waals surface area contributed by atoms with Crippen LogP contribution >= 0.6 is 22.9 Å². The smallest absolute Gasteiger partial charge is 0.126 e. The lowest BCUT2D eigenvalue weighted by Gasteiger charge is -2.08. The van der Waals surface area contributed by atoms with Gasteiger partial charge in [-0.05, 0) is 28.9 Å². The molecule has 0 spiro atoms. The van der Waals surface area contributed by atoms with Gasteiger partial charge in [-0.3, -0.25) is 0 Å². The zero-order valence-electron chi connectivity index (χ0n) is 8.54. The van der Waals surface area contributed by atoms with Crippen molar-refractivity contribution < 1.29 is 5.11 Å². The van der Waals surface area contributed by atoms with Crippen molar-refractivity contribution in [2.75, 3.05) is 0 Å². The molecular weight excluding hydrogens is 228 g/mol. The van der Waals surface area contributed by atoms with Crippen molar-refractivity contribution in [3.8, 4) is 0 Å². The van der Waals surface area contributed by atoms with E-state index >= 15 is 0 Å². The lowest BCUT2D eigenvalue weighted by Crippen LogP contribution is -2.00. The predicted molar refractivity (Wildman–Crippen MR) is 62.4 cm³/mol. The fraction of sp³-hybridized carbons (Fsp3) is 0.400. The van der Waals surface area contributed by atoms with Gasteiger partial charge in [-0.25, -0.2) is 0 Å². The number of aliphatic hydroxyl groups is 1. The summed E-state index contributed by atoms with van der Waals surface area (Å²) in [6.45, 7) is 4.11. The first kappa shape index (κ1) is 10.7.